The summed E-state index contributed by atoms with van der Waals surface area (Å²) in [5.74, 6) is -0.670. The molecule has 0 saturated heterocycles. The lowest BCUT2D eigenvalue weighted by Crippen LogP contribution is -2.26. The summed E-state index contributed by atoms with van der Waals surface area (Å²) in [4.78, 5) is 23.7. The Balaban J connectivity index is 1.99. The molecule has 0 spiro atoms. The maximum absolute atomic E-state index is 12.2. The maximum Gasteiger partial charge on any atom is 0.337 e. The second kappa shape index (κ2) is 7.09. The third-order valence-corrected chi connectivity index (χ3v) is 3.87. The van der Waals surface area contributed by atoms with E-state index < -0.39 is 5.97 Å². The number of ether oxygens (including phenoxy) is 1. The Morgan fingerprint density at radius 2 is 1.96 bits per heavy atom. The van der Waals surface area contributed by atoms with Crippen LogP contribution in [-0.4, -0.2) is 35.3 Å². The zero-order valence-electron chi connectivity index (χ0n) is 13.8. The number of esters is 1. The zero-order chi connectivity index (χ0) is 17.0. The van der Waals surface area contributed by atoms with Gasteiger partial charge in [-0.1, -0.05) is 6.07 Å². The molecule has 122 valence electrons. The fourth-order valence-corrected chi connectivity index (χ4v) is 2.49. The summed E-state index contributed by atoms with van der Waals surface area (Å²) in [6.45, 7) is 4.48. The monoisotopic (exact) mass is 315 g/mol. The molecule has 6 heteroatoms. The van der Waals surface area contributed by atoms with Crippen molar-refractivity contribution >= 4 is 11.9 Å². The van der Waals surface area contributed by atoms with Gasteiger partial charge in [0, 0.05) is 24.8 Å². The Bertz CT molecular complexity index is 735. The summed E-state index contributed by atoms with van der Waals surface area (Å²) >= 11 is 0. The number of hydrogen-bond donors (Lipinski definition) is 1. The van der Waals surface area contributed by atoms with Crippen LogP contribution in [-0.2, 0) is 18.2 Å². The first-order valence-corrected chi connectivity index (χ1v) is 7.39. The molecular weight excluding hydrogens is 294 g/mol. The molecule has 2 rings (SSSR count). The average molecular weight is 315 g/mol. The van der Waals surface area contributed by atoms with E-state index >= 15 is 0 Å². The molecule has 2 aromatic rings. The van der Waals surface area contributed by atoms with E-state index in [0.29, 0.717) is 24.1 Å². The number of nitrogens with one attached hydrogen (secondary N) is 1. The van der Waals surface area contributed by atoms with Gasteiger partial charge in [-0.2, -0.15) is 5.10 Å². The number of aromatic nitrogens is 2. The average Bonchev–Trinajstić information content (AvgIpc) is 2.80. The largest absolute Gasteiger partial charge is 0.465 e. The second-order valence-corrected chi connectivity index (χ2v) is 5.35. The van der Waals surface area contributed by atoms with E-state index in [1.807, 2.05) is 25.6 Å². The van der Waals surface area contributed by atoms with Crippen LogP contribution in [0.15, 0.2) is 24.3 Å². The van der Waals surface area contributed by atoms with Crippen molar-refractivity contribution in [2.75, 3.05) is 13.7 Å². The van der Waals surface area contributed by atoms with Gasteiger partial charge in [-0.25, -0.2) is 4.79 Å². The summed E-state index contributed by atoms with van der Waals surface area (Å²) in [6, 6.07) is 6.48. The molecule has 1 amide bonds. The summed E-state index contributed by atoms with van der Waals surface area (Å²) in [6.07, 6.45) is 0.716. The first-order chi connectivity index (χ1) is 10.9. The highest BCUT2D eigenvalue weighted by molar-refractivity contribution is 5.97. The van der Waals surface area contributed by atoms with Gasteiger partial charge in [0.1, 0.15) is 0 Å². The predicted octanol–water partition coefficient (Wildman–Crippen LogP) is 1.80. The standard InChI is InChI=1S/C17H21N3O3/c1-11-15(12(2)20(3)19-11)8-9-18-16(21)13-6-5-7-14(10-13)17(22)23-4/h5-7,10H,8-9H2,1-4H3,(H,18,21). The Hall–Kier alpha value is -2.63. The predicted molar refractivity (Wildman–Crippen MR) is 86.5 cm³/mol. The van der Waals surface area contributed by atoms with Crippen LogP contribution in [0.3, 0.4) is 0 Å². The van der Waals surface area contributed by atoms with E-state index in [2.05, 4.69) is 15.2 Å². The Morgan fingerprint density at radius 1 is 1.26 bits per heavy atom. The number of rotatable bonds is 5. The molecule has 1 N–H and O–H groups in total. The first-order valence-electron chi connectivity index (χ1n) is 7.39. The molecule has 0 unspecified atom stereocenters. The summed E-state index contributed by atoms with van der Waals surface area (Å²) in [7, 11) is 3.22. The van der Waals surface area contributed by atoms with Crippen LogP contribution < -0.4 is 5.32 Å². The third-order valence-electron chi connectivity index (χ3n) is 3.87. The van der Waals surface area contributed by atoms with Crippen molar-refractivity contribution in [3.63, 3.8) is 0 Å². The molecule has 0 aliphatic carbocycles. The van der Waals surface area contributed by atoms with E-state index in [-0.39, 0.29) is 5.91 Å². The number of aryl methyl sites for hydroxylation is 2. The van der Waals surface area contributed by atoms with E-state index in [1.165, 1.54) is 13.2 Å². The summed E-state index contributed by atoms with van der Waals surface area (Å²) in [5.41, 5.74) is 4.03. The number of hydrogen-bond acceptors (Lipinski definition) is 4. The number of nitrogens with zero attached hydrogens (tertiary/aromatic N) is 2. The second-order valence-electron chi connectivity index (χ2n) is 5.35. The molecular formula is C17H21N3O3. The molecule has 23 heavy (non-hydrogen) atoms. The van der Waals surface area contributed by atoms with Crippen molar-refractivity contribution < 1.29 is 14.3 Å². The first kappa shape index (κ1) is 16.7. The maximum atomic E-state index is 12.2. The van der Waals surface area contributed by atoms with Crippen molar-refractivity contribution in [1.82, 2.24) is 15.1 Å². The van der Waals surface area contributed by atoms with Crippen molar-refractivity contribution in [3.05, 3.63) is 52.3 Å². The quantitative estimate of drug-likeness (QED) is 0.854. The SMILES string of the molecule is COC(=O)c1cccc(C(=O)NCCc2c(C)nn(C)c2C)c1. The minimum Gasteiger partial charge on any atom is -0.465 e. The lowest BCUT2D eigenvalue weighted by Gasteiger charge is -2.07. The van der Waals surface area contributed by atoms with Gasteiger partial charge < -0.3 is 10.1 Å². The van der Waals surface area contributed by atoms with Crippen molar-refractivity contribution in [1.29, 1.82) is 0 Å². The van der Waals surface area contributed by atoms with E-state index in [0.717, 1.165) is 17.0 Å². The highest BCUT2D eigenvalue weighted by atomic mass is 16.5. The van der Waals surface area contributed by atoms with Crippen LogP contribution in [0.4, 0.5) is 0 Å². The number of benzene rings is 1. The van der Waals surface area contributed by atoms with Crippen LogP contribution in [0.25, 0.3) is 0 Å². The molecule has 1 heterocycles. The van der Waals surface area contributed by atoms with Gasteiger partial charge in [0.15, 0.2) is 0 Å². The van der Waals surface area contributed by atoms with Gasteiger partial charge in [0.25, 0.3) is 5.91 Å². The molecule has 0 radical (unpaired) electrons. The Kier molecular flexibility index (Phi) is 5.16. The van der Waals surface area contributed by atoms with Gasteiger partial charge in [-0.05, 0) is 44.0 Å². The fraction of sp³-hybridized carbons (Fsp3) is 0.353. The van der Waals surface area contributed by atoms with Crippen molar-refractivity contribution in [2.45, 2.75) is 20.3 Å². The summed E-state index contributed by atoms with van der Waals surface area (Å²) in [5, 5.41) is 7.23. The van der Waals surface area contributed by atoms with E-state index in [4.69, 9.17) is 0 Å². The molecule has 1 aromatic carbocycles. The lowest BCUT2D eigenvalue weighted by atomic mass is 10.1. The molecule has 0 atom stereocenters. The van der Waals surface area contributed by atoms with Crippen LogP contribution in [0.1, 0.15) is 37.7 Å². The molecule has 0 fully saturated rings. The molecule has 1 aromatic heterocycles. The highest BCUT2D eigenvalue weighted by Gasteiger charge is 2.12. The highest BCUT2D eigenvalue weighted by Crippen LogP contribution is 2.12. The van der Waals surface area contributed by atoms with Gasteiger partial charge >= 0.3 is 5.97 Å². The van der Waals surface area contributed by atoms with E-state index in [9.17, 15) is 9.59 Å². The van der Waals surface area contributed by atoms with Gasteiger partial charge in [0.2, 0.25) is 0 Å². The van der Waals surface area contributed by atoms with Crippen molar-refractivity contribution in [2.24, 2.45) is 7.05 Å². The molecule has 0 aliphatic heterocycles. The Labute approximate surface area is 135 Å². The van der Waals surface area contributed by atoms with Crippen LogP contribution in [0, 0.1) is 13.8 Å². The fourth-order valence-electron chi connectivity index (χ4n) is 2.49. The molecule has 6 nitrogen and oxygen atoms in total. The number of carbonyl (C=O) groups is 2. The molecule has 0 saturated carbocycles. The Morgan fingerprint density at radius 3 is 2.57 bits per heavy atom. The number of methoxy groups -OCH3 is 1. The smallest absolute Gasteiger partial charge is 0.337 e. The van der Waals surface area contributed by atoms with Gasteiger partial charge in [0.05, 0.1) is 18.4 Å². The van der Waals surface area contributed by atoms with Crippen molar-refractivity contribution in [3.8, 4) is 0 Å². The number of carbonyl (C=O) groups excluding carboxylic acids is 2. The van der Waals surface area contributed by atoms with Gasteiger partial charge in [-0.15, -0.1) is 0 Å². The van der Waals surface area contributed by atoms with Crippen LogP contribution in [0.2, 0.25) is 0 Å². The summed E-state index contributed by atoms with van der Waals surface area (Å²) < 4.78 is 6.50. The van der Waals surface area contributed by atoms with Crippen LogP contribution >= 0.6 is 0 Å². The third kappa shape index (κ3) is 3.77. The molecule has 0 bridgehead atoms. The lowest BCUT2D eigenvalue weighted by molar-refractivity contribution is 0.0600. The zero-order valence-corrected chi connectivity index (χ0v) is 13.8. The minimum atomic E-state index is -0.457. The minimum absolute atomic E-state index is 0.213. The van der Waals surface area contributed by atoms with Gasteiger partial charge in [-0.3, -0.25) is 9.48 Å². The molecule has 0 aliphatic rings. The van der Waals surface area contributed by atoms with E-state index in [1.54, 1.807) is 18.2 Å². The topological polar surface area (TPSA) is 73.2 Å². The normalized spacial score (nSPS) is 10.4. The number of amides is 1. The van der Waals surface area contributed by atoms with Crippen LogP contribution in [0.5, 0.6) is 0 Å².